The van der Waals surface area contributed by atoms with E-state index in [-0.39, 0.29) is 31.6 Å². The van der Waals surface area contributed by atoms with Gasteiger partial charge in [-0.3, -0.25) is 14.5 Å². The van der Waals surface area contributed by atoms with Gasteiger partial charge in [0.05, 0.1) is 92.4 Å². The Balaban J connectivity index is 1.77. The van der Waals surface area contributed by atoms with Gasteiger partial charge in [0, 0.05) is 11.1 Å². The Morgan fingerprint density at radius 3 is 1.20 bits per heavy atom. The second-order valence-electron chi connectivity index (χ2n) is 6.41. The number of hydrogen-bond acceptors (Lipinski definition) is 9. The molecule has 0 aromatic carbocycles. The van der Waals surface area contributed by atoms with Gasteiger partial charge in [0.1, 0.15) is 0 Å². The first-order valence-electron chi connectivity index (χ1n) is 10.2. The van der Waals surface area contributed by atoms with Crippen LogP contribution in [-0.2, 0) is 38.0 Å². The quantitative estimate of drug-likeness (QED) is 0.206. The second-order valence-corrected chi connectivity index (χ2v) is 6.41. The lowest BCUT2D eigenvalue weighted by Gasteiger charge is -2.14. The summed E-state index contributed by atoms with van der Waals surface area (Å²) >= 11 is 0. The largest absolute Gasteiger partial charge is 0.394 e. The molecule has 0 fully saturated rings. The third-order valence-electron chi connectivity index (χ3n) is 4.25. The molecule has 0 radical (unpaired) electrons. The molecule has 1 rings (SSSR count). The molecule has 0 spiro atoms. The van der Waals surface area contributed by atoms with Crippen molar-refractivity contribution in [1.29, 1.82) is 0 Å². The number of ether oxygens (including phenoxy) is 6. The van der Waals surface area contributed by atoms with E-state index in [1.54, 1.807) is 13.8 Å². The van der Waals surface area contributed by atoms with Crippen molar-refractivity contribution < 1.29 is 43.1 Å². The van der Waals surface area contributed by atoms with Crippen molar-refractivity contribution >= 4 is 11.8 Å². The van der Waals surface area contributed by atoms with Crippen LogP contribution in [0.25, 0.3) is 0 Å². The lowest BCUT2D eigenvalue weighted by atomic mass is 10.2. The number of aliphatic hydroxyl groups excluding tert-OH is 1. The molecule has 2 amide bonds. The molecule has 0 unspecified atom stereocenters. The first-order valence-corrected chi connectivity index (χ1v) is 10.2. The average Bonchev–Trinajstić information content (AvgIpc) is 2.93. The summed E-state index contributed by atoms with van der Waals surface area (Å²) in [5.74, 6) is -0.482. The predicted octanol–water partition coefficient (Wildman–Crippen LogP) is -0.216. The molecule has 0 aromatic heterocycles. The number of carbonyl (C=O) groups is 2. The molecule has 0 saturated carbocycles. The van der Waals surface area contributed by atoms with Crippen molar-refractivity contribution in [2.24, 2.45) is 0 Å². The smallest absolute Gasteiger partial charge is 0.256 e. The minimum atomic E-state index is -0.241. The zero-order valence-corrected chi connectivity index (χ0v) is 18.1. The molecule has 1 aliphatic rings. The highest BCUT2D eigenvalue weighted by Gasteiger charge is 2.32. The van der Waals surface area contributed by atoms with Crippen LogP contribution in [0.15, 0.2) is 11.1 Å². The van der Waals surface area contributed by atoms with Gasteiger partial charge >= 0.3 is 0 Å². The first-order chi connectivity index (χ1) is 14.6. The van der Waals surface area contributed by atoms with Crippen LogP contribution in [0.5, 0.6) is 0 Å². The van der Waals surface area contributed by atoms with Crippen LogP contribution in [0.4, 0.5) is 0 Å². The van der Waals surface area contributed by atoms with E-state index >= 15 is 0 Å². The predicted molar refractivity (Wildman–Crippen MR) is 107 cm³/mol. The Kier molecular flexibility index (Phi) is 15.4. The topological polar surface area (TPSA) is 113 Å². The van der Waals surface area contributed by atoms with E-state index < -0.39 is 0 Å². The summed E-state index contributed by atoms with van der Waals surface area (Å²) in [6.45, 7) is 8.78. The van der Waals surface area contributed by atoms with Crippen LogP contribution >= 0.6 is 0 Å². The van der Waals surface area contributed by atoms with Crippen molar-refractivity contribution in [2.75, 3.05) is 92.4 Å². The molecule has 10 nitrogen and oxygen atoms in total. The maximum Gasteiger partial charge on any atom is 0.256 e. The van der Waals surface area contributed by atoms with Crippen LogP contribution < -0.4 is 0 Å². The SMILES string of the molecule is CC1=C(C)C(=O)N(CCOCCOCCOCCOCCOCCOCCO)C1=O. The van der Waals surface area contributed by atoms with Crippen LogP contribution in [0.2, 0.25) is 0 Å². The van der Waals surface area contributed by atoms with Crippen molar-refractivity contribution in [3.8, 4) is 0 Å². The van der Waals surface area contributed by atoms with E-state index in [2.05, 4.69) is 0 Å². The highest BCUT2D eigenvalue weighted by molar-refractivity contribution is 6.18. The summed E-state index contributed by atoms with van der Waals surface area (Å²) in [6.07, 6.45) is 0. The van der Waals surface area contributed by atoms with Crippen molar-refractivity contribution in [1.82, 2.24) is 4.90 Å². The maximum absolute atomic E-state index is 11.9. The van der Waals surface area contributed by atoms with Gasteiger partial charge in [0.2, 0.25) is 0 Å². The summed E-state index contributed by atoms with van der Waals surface area (Å²) in [6, 6.07) is 0. The number of rotatable bonds is 20. The molecule has 1 heterocycles. The number of carbonyl (C=O) groups excluding carboxylic acids is 2. The molecule has 0 atom stereocenters. The Labute approximate surface area is 178 Å². The van der Waals surface area contributed by atoms with E-state index in [4.69, 9.17) is 33.5 Å². The number of hydrogen-bond donors (Lipinski definition) is 1. The minimum absolute atomic E-state index is 0.0186. The number of amides is 2. The fourth-order valence-electron chi connectivity index (χ4n) is 2.44. The normalized spacial score (nSPS) is 14.4. The molecule has 0 aromatic rings. The summed E-state index contributed by atoms with van der Waals surface area (Å²) in [5.41, 5.74) is 1.00. The third kappa shape index (κ3) is 11.1. The third-order valence-corrected chi connectivity index (χ3v) is 4.25. The van der Waals surface area contributed by atoms with E-state index in [9.17, 15) is 9.59 Å². The zero-order valence-electron chi connectivity index (χ0n) is 18.1. The van der Waals surface area contributed by atoms with Gasteiger partial charge < -0.3 is 33.5 Å². The van der Waals surface area contributed by atoms with Gasteiger partial charge in [0.15, 0.2) is 0 Å². The van der Waals surface area contributed by atoms with Gasteiger partial charge in [-0.2, -0.15) is 0 Å². The monoisotopic (exact) mass is 433 g/mol. The number of aliphatic hydroxyl groups is 1. The van der Waals surface area contributed by atoms with Crippen molar-refractivity contribution in [3.63, 3.8) is 0 Å². The molecule has 1 aliphatic heterocycles. The van der Waals surface area contributed by atoms with Crippen LogP contribution in [0.1, 0.15) is 13.8 Å². The standard InChI is InChI=1S/C20H35NO9/c1-17-18(2)20(24)21(19(17)23)3-5-25-7-9-27-11-13-29-15-16-30-14-12-28-10-8-26-6-4-22/h22H,3-16H2,1-2H3. The van der Waals surface area contributed by atoms with Crippen LogP contribution in [-0.4, -0.2) is 114 Å². The Morgan fingerprint density at radius 2 is 0.867 bits per heavy atom. The fourth-order valence-corrected chi connectivity index (χ4v) is 2.44. The summed E-state index contributed by atoms with van der Waals surface area (Å²) < 4.78 is 31.9. The zero-order chi connectivity index (χ0) is 22.0. The Morgan fingerprint density at radius 1 is 0.567 bits per heavy atom. The molecule has 10 heteroatoms. The molecule has 0 saturated heterocycles. The van der Waals surface area contributed by atoms with Gasteiger partial charge in [-0.1, -0.05) is 0 Å². The first kappa shape index (κ1) is 26.6. The number of imide groups is 1. The Hall–Kier alpha value is -1.40. The molecular weight excluding hydrogens is 398 g/mol. The minimum Gasteiger partial charge on any atom is -0.394 e. The van der Waals surface area contributed by atoms with Gasteiger partial charge in [-0.25, -0.2) is 0 Å². The van der Waals surface area contributed by atoms with Crippen LogP contribution in [0, 0.1) is 0 Å². The molecule has 1 N–H and O–H groups in total. The van der Waals surface area contributed by atoms with Gasteiger partial charge in [0.25, 0.3) is 11.8 Å². The number of nitrogens with zero attached hydrogens (tertiary/aromatic N) is 1. The highest BCUT2D eigenvalue weighted by atomic mass is 16.6. The summed E-state index contributed by atoms with van der Waals surface area (Å²) in [4.78, 5) is 25.0. The lowest BCUT2D eigenvalue weighted by Crippen LogP contribution is -2.34. The van der Waals surface area contributed by atoms with E-state index in [1.807, 2.05) is 0 Å². The van der Waals surface area contributed by atoms with Crippen molar-refractivity contribution in [2.45, 2.75) is 13.8 Å². The molecule has 0 aliphatic carbocycles. The molecule has 174 valence electrons. The molecule has 30 heavy (non-hydrogen) atoms. The fraction of sp³-hybridized carbons (Fsp3) is 0.800. The average molecular weight is 433 g/mol. The second kappa shape index (κ2) is 17.3. The summed E-state index contributed by atoms with van der Waals surface area (Å²) in [7, 11) is 0. The van der Waals surface area contributed by atoms with Crippen LogP contribution in [0.3, 0.4) is 0 Å². The van der Waals surface area contributed by atoms with Gasteiger partial charge in [-0.15, -0.1) is 0 Å². The summed E-state index contributed by atoms with van der Waals surface area (Å²) in [5, 5.41) is 8.53. The van der Waals surface area contributed by atoms with E-state index in [0.29, 0.717) is 83.8 Å². The van der Waals surface area contributed by atoms with E-state index in [1.165, 1.54) is 4.90 Å². The maximum atomic E-state index is 11.9. The highest BCUT2D eigenvalue weighted by Crippen LogP contribution is 2.18. The van der Waals surface area contributed by atoms with E-state index in [0.717, 1.165) is 0 Å². The van der Waals surface area contributed by atoms with Gasteiger partial charge in [-0.05, 0) is 13.8 Å². The van der Waals surface area contributed by atoms with Crippen molar-refractivity contribution in [3.05, 3.63) is 11.1 Å². The lowest BCUT2D eigenvalue weighted by molar-refractivity contribution is -0.138. The molecular formula is C20H35NO9. The Bertz CT molecular complexity index is 500. The molecule has 0 bridgehead atoms.